The molecule has 0 radical (unpaired) electrons. The Kier molecular flexibility index (Phi) is 3.55. The van der Waals surface area contributed by atoms with Gasteiger partial charge >= 0.3 is 0 Å². The number of fused-ring (bicyclic) bond motifs is 1. The standard InChI is InChI=1S/C15H26N2P/c1-6-16-9-7-8-12-11-17(18)15(4,5)14(2,3)10-13(12)16/h7-9H,6,10-11,18H2,1-5H3/q+1. The molecular weight excluding hydrogens is 239 g/mol. The molecule has 1 aliphatic rings. The van der Waals surface area contributed by atoms with Gasteiger partial charge in [0.1, 0.15) is 6.54 Å². The zero-order chi connectivity index (χ0) is 13.6. The predicted octanol–water partition coefficient (Wildman–Crippen LogP) is 2.95. The molecule has 0 saturated heterocycles. The molecule has 0 bridgehead atoms. The lowest BCUT2D eigenvalue weighted by Crippen LogP contribution is -2.49. The van der Waals surface area contributed by atoms with Crippen molar-refractivity contribution in [2.75, 3.05) is 0 Å². The van der Waals surface area contributed by atoms with Gasteiger partial charge in [0.2, 0.25) is 0 Å². The van der Waals surface area contributed by atoms with Gasteiger partial charge in [-0.3, -0.25) is 4.67 Å². The number of pyridine rings is 1. The van der Waals surface area contributed by atoms with Crippen LogP contribution in [0.4, 0.5) is 0 Å². The van der Waals surface area contributed by atoms with Crippen molar-refractivity contribution >= 4 is 9.39 Å². The second-order valence-electron chi connectivity index (χ2n) is 6.51. The molecule has 1 aliphatic heterocycles. The first-order valence-corrected chi connectivity index (χ1v) is 7.34. The lowest BCUT2D eigenvalue weighted by molar-refractivity contribution is -0.701. The minimum atomic E-state index is 0.169. The van der Waals surface area contributed by atoms with E-state index in [1.807, 2.05) is 0 Å². The van der Waals surface area contributed by atoms with E-state index in [1.54, 1.807) is 0 Å². The summed E-state index contributed by atoms with van der Waals surface area (Å²) in [7, 11) is 2.93. The number of nitrogens with zero attached hydrogens (tertiary/aromatic N) is 2. The zero-order valence-corrected chi connectivity index (χ0v) is 13.5. The molecule has 0 spiro atoms. The quantitative estimate of drug-likeness (QED) is 0.559. The highest BCUT2D eigenvalue weighted by atomic mass is 31.0. The van der Waals surface area contributed by atoms with E-state index in [0.29, 0.717) is 0 Å². The highest BCUT2D eigenvalue weighted by molar-refractivity contribution is 7.13. The van der Waals surface area contributed by atoms with E-state index >= 15 is 0 Å². The fourth-order valence-corrected chi connectivity index (χ4v) is 3.24. The van der Waals surface area contributed by atoms with Crippen molar-refractivity contribution in [1.29, 1.82) is 0 Å². The van der Waals surface area contributed by atoms with E-state index in [1.165, 1.54) is 11.3 Å². The van der Waals surface area contributed by atoms with Crippen LogP contribution in [0.1, 0.15) is 45.9 Å². The second-order valence-corrected chi connectivity index (χ2v) is 7.14. The Balaban J connectivity index is 2.55. The highest BCUT2D eigenvalue weighted by Gasteiger charge is 2.45. The smallest absolute Gasteiger partial charge is 0.186 e. The zero-order valence-electron chi connectivity index (χ0n) is 12.3. The summed E-state index contributed by atoms with van der Waals surface area (Å²) in [6, 6.07) is 4.45. The summed E-state index contributed by atoms with van der Waals surface area (Å²) in [6.45, 7) is 13.7. The van der Waals surface area contributed by atoms with Crippen LogP contribution < -0.4 is 4.57 Å². The third-order valence-electron chi connectivity index (χ3n) is 4.95. The third-order valence-corrected chi connectivity index (χ3v) is 5.77. The molecule has 2 heterocycles. The summed E-state index contributed by atoms with van der Waals surface area (Å²) in [5, 5.41) is 0. The first-order chi connectivity index (χ1) is 8.29. The number of hydrogen-bond acceptors (Lipinski definition) is 1. The van der Waals surface area contributed by atoms with Crippen molar-refractivity contribution in [3.05, 3.63) is 29.6 Å². The molecule has 2 rings (SSSR count). The SMILES string of the molecule is CC[n+]1cccc2c1CC(C)(C)C(C)(C)N(P)C2. The lowest BCUT2D eigenvalue weighted by Gasteiger charge is -2.45. The van der Waals surface area contributed by atoms with Gasteiger partial charge in [0.05, 0.1) is 0 Å². The summed E-state index contributed by atoms with van der Waals surface area (Å²) in [5.41, 5.74) is 3.39. The Morgan fingerprint density at radius 3 is 2.61 bits per heavy atom. The van der Waals surface area contributed by atoms with Crippen LogP contribution in [0.2, 0.25) is 0 Å². The van der Waals surface area contributed by atoms with Gasteiger partial charge in [-0.25, -0.2) is 4.57 Å². The molecule has 3 heteroatoms. The lowest BCUT2D eigenvalue weighted by atomic mass is 9.72. The molecule has 0 aromatic carbocycles. The van der Waals surface area contributed by atoms with Gasteiger partial charge in [0.25, 0.3) is 0 Å². The number of rotatable bonds is 1. The van der Waals surface area contributed by atoms with Crippen molar-refractivity contribution < 1.29 is 4.57 Å². The largest absolute Gasteiger partial charge is 0.277 e. The van der Waals surface area contributed by atoms with Gasteiger partial charge < -0.3 is 0 Å². The van der Waals surface area contributed by atoms with Gasteiger partial charge in [0, 0.05) is 30.1 Å². The minimum absolute atomic E-state index is 0.169. The molecule has 0 aliphatic carbocycles. The van der Waals surface area contributed by atoms with E-state index in [0.717, 1.165) is 19.5 Å². The maximum absolute atomic E-state index is 2.93. The molecule has 1 aromatic heterocycles. The molecule has 2 nitrogen and oxygen atoms in total. The van der Waals surface area contributed by atoms with Gasteiger partial charge in [0.15, 0.2) is 11.9 Å². The van der Waals surface area contributed by atoms with Crippen LogP contribution in [0, 0.1) is 5.41 Å². The topological polar surface area (TPSA) is 7.12 Å². The fourth-order valence-electron chi connectivity index (χ4n) is 2.69. The molecule has 0 saturated carbocycles. The third kappa shape index (κ3) is 2.10. The molecule has 100 valence electrons. The van der Waals surface area contributed by atoms with Crippen molar-refractivity contribution in [3.8, 4) is 0 Å². The molecule has 0 amide bonds. The second kappa shape index (κ2) is 4.58. The number of hydrogen-bond donors (Lipinski definition) is 0. The van der Waals surface area contributed by atoms with E-state index in [2.05, 4.69) is 71.6 Å². The Morgan fingerprint density at radius 1 is 1.33 bits per heavy atom. The minimum Gasteiger partial charge on any atom is -0.277 e. The first kappa shape index (κ1) is 14.0. The van der Waals surface area contributed by atoms with Gasteiger partial charge in [-0.2, -0.15) is 0 Å². The van der Waals surface area contributed by atoms with Gasteiger partial charge in [-0.05, 0) is 32.3 Å². The molecule has 1 atom stereocenters. The van der Waals surface area contributed by atoms with E-state index in [4.69, 9.17) is 0 Å². The molecule has 18 heavy (non-hydrogen) atoms. The van der Waals surface area contributed by atoms with Crippen LogP contribution in [-0.2, 0) is 19.5 Å². The van der Waals surface area contributed by atoms with Crippen LogP contribution in [-0.4, -0.2) is 10.2 Å². The van der Waals surface area contributed by atoms with Crippen LogP contribution in [0.25, 0.3) is 0 Å². The normalized spacial score (nSPS) is 22.3. The number of aryl methyl sites for hydroxylation is 1. The van der Waals surface area contributed by atoms with Crippen LogP contribution in [0.15, 0.2) is 18.3 Å². The summed E-state index contributed by atoms with van der Waals surface area (Å²) >= 11 is 0. The maximum atomic E-state index is 2.93. The summed E-state index contributed by atoms with van der Waals surface area (Å²) in [5.74, 6) is 0. The predicted molar refractivity (Wildman–Crippen MR) is 79.1 cm³/mol. The molecule has 0 fully saturated rings. The fraction of sp³-hybridized carbons (Fsp3) is 0.667. The first-order valence-electron chi connectivity index (χ1n) is 6.82. The molecule has 0 N–H and O–H groups in total. The van der Waals surface area contributed by atoms with Crippen molar-refractivity contribution in [2.45, 2.75) is 59.7 Å². The average Bonchev–Trinajstić information content (AvgIpc) is 2.35. The van der Waals surface area contributed by atoms with Crippen molar-refractivity contribution in [2.24, 2.45) is 5.41 Å². The van der Waals surface area contributed by atoms with Crippen molar-refractivity contribution in [1.82, 2.24) is 4.67 Å². The molecule has 1 unspecified atom stereocenters. The van der Waals surface area contributed by atoms with E-state index in [-0.39, 0.29) is 11.0 Å². The average molecular weight is 265 g/mol. The van der Waals surface area contributed by atoms with E-state index in [9.17, 15) is 0 Å². The Labute approximate surface area is 114 Å². The van der Waals surface area contributed by atoms with Gasteiger partial charge in [-0.1, -0.05) is 23.2 Å². The van der Waals surface area contributed by atoms with Crippen LogP contribution >= 0.6 is 9.39 Å². The summed E-state index contributed by atoms with van der Waals surface area (Å²) in [6.07, 6.45) is 3.34. The molecule has 1 aromatic rings. The van der Waals surface area contributed by atoms with Gasteiger partial charge in [-0.15, -0.1) is 0 Å². The van der Waals surface area contributed by atoms with E-state index < -0.39 is 0 Å². The van der Waals surface area contributed by atoms with Crippen molar-refractivity contribution in [3.63, 3.8) is 0 Å². The Bertz CT molecular complexity index is 452. The maximum Gasteiger partial charge on any atom is 0.186 e. The molecular formula is C15H26N2P+. The Hall–Kier alpha value is -0.460. The summed E-state index contributed by atoms with van der Waals surface area (Å²) < 4.78 is 4.82. The monoisotopic (exact) mass is 265 g/mol. The Morgan fingerprint density at radius 2 is 2.00 bits per heavy atom. The number of aromatic nitrogens is 1. The highest BCUT2D eigenvalue weighted by Crippen LogP contribution is 2.43. The van der Waals surface area contributed by atoms with Crippen LogP contribution in [0.3, 0.4) is 0 Å². The summed E-state index contributed by atoms with van der Waals surface area (Å²) in [4.78, 5) is 0. The van der Waals surface area contributed by atoms with Crippen LogP contribution in [0.5, 0.6) is 0 Å².